The fourth-order valence-corrected chi connectivity index (χ4v) is 4.37. The third kappa shape index (κ3) is 9.61. The summed E-state index contributed by atoms with van der Waals surface area (Å²) in [4.78, 5) is 12.6. The van der Waals surface area contributed by atoms with Gasteiger partial charge in [0.1, 0.15) is 12.2 Å². The van der Waals surface area contributed by atoms with E-state index in [2.05, 4.69) is 27.2 Å². The lowest BCUT2D eigenvalue weighted by Gasteiger charge is -2.28. The zero-order valence-corrected chi connectivity index (χ0v) is 23.3. The van der Waals surface area contributed by atoms with Crippen LogP contribution in [0.3, 0.4) is 0 Å². The summed E-state index contributed by atoms with van der Waals surface area (Å²) < 4.78 is 7.94. The van der Waals surface area contributed by atoms with Crippen LogP contribution in [0.2, 0.25) is 5.02 Å². The van der Waals surface area contributed by atoms with Gasteiger partial charge in [-0.15, -0.1) is 0 Å². The molecule has 0 aliphatic rings. The molecule has 0 amide bonds. The minimum atomic E-state index is -0.149. The monoisotopic (exact) mass is 531 g/mol. The quantitative estimate of drug-likeness (QED) is 0.179. The highest BCUT2D eigenvalue weighted by Gasteiger charge is 2.25. The molecule has 3 aromatic rings. The maximum Gasteiger partial charge on any atom is 0.361 e. The summed E-state index contributed by atoms with van der Waals surface area (Å²) in [5.74, 6) is -0.149. The number of hydrogen-bond donors (Lipinski definition) is 0. The number of rotatable bonds is 14. The molecule has 2 aromatic carbocycles. The molecule has 5 nitrogen and oxygen atoms in total. The number of para-hydroxylation sites is 1. The van der Waals surface area contributed by atoms with Crippen LogP contribution in [0.1, 0.15) is 57.4 Å². The molecule has 0 atom stereocenters. The number of halogens is 2. The summed E-state index contributed by atoms with van der Waals surface area (Å²) in [6.07, 6.45) is 10.5. The van der Waals surface area contributed by atoms with E-state index in [0.717, 1.165) is 35.3 Å². The van der Waals surface area contributed by atoms with Gasteiger partial charge in [0.05, 0.1) is 32.0 Å². The molecule has 0 saturated carbocycles. The topological polar surface area (TPSA) is 44.1 Å². The van der Waals surface area contributed by atoms with Gasteiger partial charge in [0, 0.05) is 16.8 Å². The number of carbonyl (C=O) groups is 1. The molecule has 0 N–H and O–H groups in total. The summed E-state index contributed by atoms with van der Waals surface area (Å²) in [6.45, 7) is 3.70. The number of likely N-dealkylation sites (N-methyl/N-ethyl adjacent to an activating group) is 1. The van der Waals surface area contributed by atoms with Gasteiger partial charge in [0.25, 0.3) is 0 Å². The SMILES string of the molecule is CCCCCCCCCOC(=O)C[N+](C)(C)Cc1cn(-c2ccccc2)nc1-c1ccc(Cl)cc1.[Cl-]. The zero-order valence-electron chi connectivity index (χ0n) is 21.8. The Hall–Kier alpha value is -2.34. The maximum absolute atomic E-state index is 12.6. The molecule has 1 heterocycles. The number of benzene rings is 2. The highest BCUT2D eigenvalue weighted by Crippen LogP contribution is 2.27. The molecule has 196 valence electrons. The van der Waals surface area contributed by atoms with E-state index in [9.17, 15) is 4.79 Å². The number of unbranched alkanes of at least 4 members (excludes halogenated alkanes) is 6. The van der Waals surface area contributed by atoms with Crippen molar-refractivity contribution in [3.05, 3.63) is 71.4 Å². The summed E-state index contributed by atoms with van der Waals surface area (Å²) in [5.41, 5.74) is 3.96. The molecule has 0 bridgehead atoms. The first-order valence-electron chi connectivity index (χ1n) is 12.8. The number of aromatic nitrogens is 2. The minimum Gasteiger partial charge on any atom is -1.00 e. The third-order valence-electron chi connectivity index (χ3n) is 6.09. The van der Waals surface area contributed by atoms with Crippen molar-refractivity contribution in [3.63, 3.8) is 0 Å². The van der Waals surface area contributed by atoms with Crippen molar-refractivity contribution in [3.8, 4) is 16.9 Å². The van der Waals surface area contributed by atoms with E-state index in [1.807, 2.05) is 59.3 Å². The van der Waals surface area contributed by atoms with Crippen molar-refractivity contribution in [2.24, 2.45) is 0 Å². The molecule has 0 fully saturated rings. The van der Waals surface area contributed by atoms with E-state index in [-0.39, 0.29) is 18.4 Å². The molecule has 7 heteroatoms. The Balaban J connectivity index is 0.00000456. The van der Waals surface area contributed by atoms with Gasteiger partial charge in [0.15, 0.2) is 6.54 Å². The molecule has 36 heavy (non-hydrogen) atoms. The van der Waals surface area contributed by atoms with Crippen LogP contribution in [-0.4, -0.2) is 47.5 Å². The summed E-state index contributed by atoms with van der Waals surface area (Å²) in [6, 6.07) is 17.8. The molecule has 0 unspecified atom stereocenters. The van der Waals surface area contributed by atoms with Gasteiger partial charge in [-0.2, -0.15) is 5.10 Å². The minimum absolute atomic E-state index is 0. The summed E-state index contributed by atoms with van der Waals surface area (Å²) >= 11 is 6.11. The van der Waals surface area contributed by atoms with Crippen molar-refractivity contribution >= 4 is 17.6 Å². The molecule has 0 aliphatic carbocycles. The molecular formula is C29H39Cl2N3O2. The number of carbonyl (C=O) groups excluding carboxylic acids is 1. The number of hydrogen-bond acceptors (Lipinski definition) is 3. The Morgan fingerprint density at radius 1 is 0.944 bits per heavy atom. The fraction of sp³-hybridized carbons (Fsp3) is 0.448. The molecular weight excluding hydrogens is 493 g/mol. The molecule has 0 radical (unpaired) electrons. The first kappa shape index (κ1) is 29.9. The van der Waals surface area contributed by atoms with Crippen LogP contribution in [-0.2, 0) is 16.1 Å². The van der Waals surface area contributed by atoms with E-state index < -0.39 is 0 Å². The molecule has 0 spiro atoms. The predicted octanol–water partition coefficient (Wildman–Crippen LogP) is 4.07. The van der Waals surface area contributed by atoms with Gasteiger partial charge in [-0.25, -0.2) is 9.48 Å². The Morgan fingerprint density at radius 3 is 2.25 bits per heavy atom. The Morgan fingerprint density at radius 2 is 1.58 bits per heavy atom. The van der Waals surface area contributed by atoms with Gasteiger partial charge in [-0.1, -0.05) is 87.4 Å². The van der Waals surface area contributed by atoms with Gasteiger partial charge in [-0.05, 0) is 30.7 Å². The molecule has 1 aromatic heterocycles. The number of ether oxygens (including phenoxy) is 1. The Labute approximate surface area is 227 Å². The predicted molar refractivity (Wildman–Crippen MR) is 144 cm³/mol. The largest absolute Gasteiger partial charge is 1.00 e. The van der Waals surface area contributed by atoms with Crippen LogP contribution < -0.4 is 12.4 Å². The standard InChI is InChI=1S/C29H39ClN3O2.ClH/c1-4-5-6-7-8-9-13-20-35-28(34)23-33(2,3)22-25-21-32(27-14-11-10-12-15-27)31-29(25)24-16-18-26(30)19-17-24;/h10-12,14-19,21H,4-9,13,20,22-23H2,1-3H3;1H/q+1;/p-1. The Kier molecular flexibility index (Phi) is 12.5. The fourth-order valence-electron chi connectivity index (χ4n) is 4.25. The highest BCUT2D eigenvalue weighted by atomic mass is 35.5. The lowest BCUT2D eigenvalue weighted by Crippen LogP contribution is -3.00. The van der Waals surface area contributed by atoms with E-state index in [4.69, 9.17) is 21.4 Å². The smallest absolute Gasteiger partial charge is 0.361 e. The average Bonchev–Trinajstić information content (AvgIpc) is 3.24. The van der Waals surface area contributed by atoms with Crippen LogP contribution in [0, 0.1) is 0 Å². The molecule has 0 aliphatic heterocycles. The second-order valence-corrected chi connectivity index (χ2v) is 10.3. The van der Waals surface area contributed by atoms with Gasteiger partial charge < -0.3 is 21.6 Å². The van der Waals surface area contributed by atoms with Crippen LogP contribution in [0.5, 0.6) is 0 Å². The van der Waals surface area contributed by atoms with E-state index in [0.29, 0.717) is 29.2 Å². The van der Waals surface area contributed by atoms with Crippen LogP contribution in [0.4, 0.5) is 0 Å². The van der Waals surface area contributed by atoms with Crippen molar-refractivity contribution in [2.45, 2.75) is 58.4 Å². The van der Waals surface area contributed by atoms with Crippen LogP contribution in [0.25, 0.3) is 16.9 Å². The van der Waals surface area contributed by atoms with E-state index in [1.54, 1.807) is 0 Å². The summed E-state index contributed by atoms with van der Waals surface area (Å²) in [7, 11) is 4.11. The third-order valence-corrected chi connectivity index (χ3v) is 6.35. The van der Waals surface area contributed by atoms with Crippen molar-refractivity contribution in [1.29, 1.82) is 0 Å². The van der Waals surface area contributed by atoms with Crippen LogP contribution in [0.15, 0.2) is 60.8 Å². The first-order chi connectivity index (χ1) is 16.9. The van der Waals surface area contributed by atoms with E-state index >= 15 is 0 Å². The molecule has 0 saturated heterocycles. The van der Waals surface area contributed by atoms with Crippen molar-refractivity contribution < 1.29 is 26.4 Å². The van der Waals surface area contributed by atoms with Gasteiger partial charge in [0.2, 0.25) is 0 Å². The normalized spacial score (nSPS) is 11.2. The number of esters is 1. The van der Waals surface area contributed by atoms with Gasteiger partial charge in [-0.3, -0.25) is 0 Å². The van der Waals surface area contributed by atoms with Crippen molar-refractivity contribution in [2.75, 3.05) is 27.2 Å². The maximum atomic E-state index is 12.6. The second kappa shape index (κ2) is 15.0. The Bertz CT molecular complexity index is 1050. The van der Waals surface area contributed by atoms with Crippen molar-refractivity contribution in [1.82, 2.24) is 9.78 Å². The lowest BCUT2D eigenvalue weighted by atomic mass is 10.1. The second-order valence-electron chi connectivity index (χ2n) is 9.88. The van der Waals surface area contributed by atoms with Crippen LogP contribution >= 0.6 is 11.6 Å². The van der Waals surface area contributed by atoms with Gasteiger partial charge >= 0.3 is 5.97 Å². The number of nitrogens with zero attached hydrogens (tertiary/aromatic N) is 3. The average molecular weight is 533 g/mol. The highest BCUT2D eigenvalue weighted by molar-refractivity contribution is 6.30. The zero-order chi connectivity index (χ0) is 25.1. The van der Waals surface area contributed by atoms with E-state index in [1.165, 1.54) is 32.1 Å². The first-order valence-corrected chi connectivity index (χ1v) is 13.1. The lowest BCUT2D eigenvalue weighted by molar-refractivity contribution is -0.896. The molecule has 3 rings (SSSR count). The number of quaternary nitrogens is 1. The summed E-state index contributed by atoms with van der Waals surface area (Å²) in [5, 5.41) is 5.58.